The lowest BCUT2D eigenvalue weighted by atomic mass is 9.76. The first kappa shape index (κ1) is 18.2. The Morgan fingerprint density at radius 3 is 2.60 bits per heavy atom. The first-order valence-corrected chi connectivity index (χ1v) is 9.62. The van der Waals surface area contributed by atoms with Crippen LogP contribution in [-0.4, -0.2) is 13.1 Å². The van der Waals surface area contributed by atoms with Gasteiger partial charge in [-0.05, 0) is 59.1 Å². The quantitative estimate of drug-likeness (QED) is 0.549. The predicted molar refractivity (Wildman–Crippen MR) is 95.7 cm³/mol. The molecule has 1 nitrogen and oxygen atoms in total. The van der Waals surface area contributed by atoms with Gasteiger partial charge in [-0.3, -0.25) is 0 Å². The first-order chi connectivity index (χ1) is 9.51. The number of thiophene rings is 1. The minimum atomic E-state index is 0.426. The normalized spacial score (nSPS) is 14.7. The highest BCUT2D eigenvalue weighted by Crippen LogP contribution is 2.35. The minimum Gasteiger partial charge on any atom is -0.316 e. The first-order valence-electron chi connectivity index (χ1n) is 7.95. The third-order valence-electron chi connectivity index (χ3n) is 4.03. The summed E-state index contributed by atoms with van der Waals surface area (Å²) < 4.78 is 1.23. The average molecular weight is 360 g/mol. The van der Waals surface area contributed by atoms with Gasteiger partial charge in [-0.2, -0.15) is 0 Å². The van der Waals surface area contributed by atoms with Crippen LogP contribution >= 0.6 is 27.3 Å². The Balaban J connectivity index is 2.69. The highest BCUT2D eigenvalue weighted by molar-refractivity contribution is 9.10. The number of hydrogen-bond acceptors (Lipinski definition) is 2. The molecule has 0 aliphatic rings. The average Bonchev–Trinajstić information content (AvgIpc) is 2.80. The second kappa shape index (κ2) is 9.22. The van der Waals surface area contributed by atoms with Crippen molar-refractivity contribution in [1.29, 1.82) is 0 Å². The third kappa shape index (κ3) is 6.28. The van der Waals surface area contributed by atoms with Crippen molar-refractivity contribution in [3.05, 3.63) is 20.8 Å². The summed E-state index contributed by atoms with van der Waals surface area (Å²) in [6.07, 6.45) is 6.43. The number of halogens is 1. The van der Waals surface area contributed by atoms with E-state index in [1.54, 1.807) is 0 Å². The fourth-order valence-electron chi connectivity index (χ4n) is 2.66. The van der Waals surface area contributed by atoms with Crippen molar-refractivity contribution in [2.45, 2.75) is 59.8 Å². The second-order valence-corrected chi connectivity index (χ2v) is 8.30. The molecule has 20 heavy (non-hydrogen) atoms. The van der Waals surface area contributed by atoms with Crippen molar-refractivity contribution in [3.8, 4) is 0 Å². The fourth-order valence-corrected chi connectivity index (χ4v) is 4.28. The second-order valence-electron chi connectivity index (χ2n) is 6.39. The Labute approximate surface area is 137 Å². The molecule has 3 heteroatoms. The summed E-state index contributed by atoms with van der Waals surface area (Å²) in [7, 11) is 0. The van der Waals surface area contributed by atoms with Crippen LogP contribution in [0.1, 0.15) is 58.3 Å². The molecule has 0 spiro atoms. The van der Waals surface area contributed by atoms with E-state index in [1.165, 1.54) is 41.5 Å². The van der Waals surface area contributed by atoms with Crippen LogP contribution < -0.4 is 5.32 Å². The van der Waals surface area contributed by atoms with Crippen molar-refractivity contribution >= 4 is 27.3 Å². The molecule has 0 fully saturated rings. The Morgan fingerprint density at radius 1 is 1.35 bits per heavy atom. The van der Waals surface area contributed by atoms with Crippen LogP contribution in [0.5, 0.6) is 0 Å². The van der Waals surface area contributed by atoms with Crippen LogP contribution in [0.25, 0.3) is 0 Å². The van der Waals surface area contributed by atoms with Crippen molar-refractivity contribution in [2.24, 2.45) is 11.3 Å². The van der Waals surface area contributed by atoms with Gasteiger partial charge in [0.15, 0.2) is 0 Å². The van der Waals surface area contributed by atoms with E-state index >= 15 is 0 Å². The summed E-state index contributed by atoms with van der Waals surface area (Å²) >= 11 is 5.47. The molecule has 0 amide bonds. The molecular weight excluding hydrogens is 330 g/mol. The molecule has 0 saturated carbocycles. The molecule has 0 aromatic carbocycles. The molecule has 1 rings (SSSR count). The van der Waals surface area contributed by atoms with Gasteiger partial charge in [0, 0.05) is 21.3 Å². The van der Waals surface area contributed by atoms with Gasteiger partial charge in [-0.15, -0.1) is 11.3 Å². The van der Waals surface area contributed by atoms with Crippen LogP contribution in [-0.2, 0) is 6.42 Å². The highest BCUT2D eigenvalue weighted by atomic mass is 79.9. The molecule has 1 heterocycles. The van der Waals surface area contributed by atoms with Crippen molar-refractivity contribution in [3.63, 3.8) is 0 Å². The summed E-state index contributed by atoms with van der Waals surface area (Å²) in [5.74, 6) is 0.728. The lowest BCUT2D eigenvalue weighted by Gasteiger charge is -2.33. The molecule has 1 unspecified atom stereocenters. The smallest absolute Gasteiger partial charge is 0.0285 e. The summed E-state index contributed by atoms with van der Waals surface area (Å²) in [6.45, 7) is 11.5. The number of nitrogens with one attached hydrogen (secondary N) is 1. The van der Waals surface area contributed by atoms with Gasteiger partial charge in [-0.25, -0.2) is 0 Å². The van der Waals surface area contributed by atoms with Gasteiger partial charge in [0.25, 0.3) is 0 Å². The van der Waals surface area contributed by atoms with Gasteiger partial charge in [-0.1, -0.05) is 40.5 Å². The number of hydrogen-bond donors (Lipinski definition) is 1. The van der Waals surface area contributed by atoms with E-state index in [9.17, 15) is 0 Å². The van der Waals surface area contributed by atoms with E-state index in [2.05, 4.69) is 60.4 Å². The minimum absolute atomic E-state index is 0.426. The lowest BCUT2D eigenvalue weighted by molar-refractivity contribution is 0.227. The van der Waals surface area contributed by atoms with E-state index in [4.69, 9.17) is 0 Å². The summed E-state index contributed by atoms with van der Waals surface area (Å²) in [5.41, 5.74) is 0.426. The Bertz CT molecular complexity index is 375. The van der Waals surface area contributed by atoms with Gasteiger partial charge in [0.05, 0.1) is 0 Å². The van der Waals surface area contributed by atoms with Crippen LogP contribution in [0, 0.1) is 11.3 Å². The van der Waals surface area contributed by atoms with E-state index in [-0.39, 0.29) is 0 Å². The molecule has 116 valence electrons. The molecule has 1 aromatic heterocycles. The largest absolute Gasteiger partial charge is 0.316 e. The zero-order valence-corrected chi connectivity index (χ0v) is 15.9. The topological polar surface area (TPSA) is 12.0 Å². The lowest BCUT2D eigenvalue weighted by Crippen LogP contribution is -2.37. The maximum atomic E-state index is 3.71. The van der Waals surface area contributed by atoms with Crippen molar-refractivity contribution in [2.75, 3.05) is 13.1 Å². The molecule has 1 atom stereocenters. The Kier molecular flexibility index (Phi) is 8.38. The predicted octanol–water partition coefficient (Wildman–Crippen LogP) is 5.89. The number of unbranched alkanes of at least 4 members (excludes halogenated alkanes) is 1. The zero-order valence-electron chi connectivity index (χ0n) is 13.5. The standard InChI is InChI=1S/C17H30BrNS/c1-5-7-8-17(6-2,13-19-11-14(3)4)10-16-9-15(18)12-20-16/h9,12,14,19H,5-8,10-11,13H2,1-4H3. The van der Waals surface area contributed by atoms with Crippen LogP contribution in [0.2, 0.25) is 0 Å². The molecule has 0 saturated heterocycles. The molecular formula is C17H30BrNS. The summed E-state index contributed by atoms with van der Waals surface area (Å²) in [5, 5.41) is 5.91. The van der Waals surface area contributed by atoms with Gasteiger partial charge in [0.2, 0.25) is 0 Å². The van der Waals surface area contributed by atoms with Crippen molar-refractivity contribution < 1.29 is 0 Å². The maximum absolute atomic E-state index is 3.71. The SMILES string of the molecule is CCCCC(CC)(CNCC(C)C)Cc1cc(Br)cs1. The zero-order chi connectivity index (χ0) is 15.0. The summed E-state index contributed by atoms with van der Waals surface area (Å²) in [4.78, 5) is 1.51. The van der Waals surface area contributed by atoms with Crippen LogP contribution in [0.15, 0.2) is 15.9 Å². The molecule has 0 bridgehead atoms. The molecule has 0 aliphatic carbocycles. The number of rotatable bonds is 10. The third-order valence-corrected chi connectivity index (χ3v) is 5.73. The van der Waals surface area contributed by atoms with Gasteiger partial charge in [0.1, 0.15) is 0 Å². The Hall–Kier alpha value is 0.140. The van der Waals surface area contributed by atoms with Crippen LogP contribution in [0.3, 0.4) is 0 Å². The monoisotopic (exact) mass is 359 g/mol. The fraction of sp³-hybridized carbons (Fsp3) is 0.765. The van der Waals surface area contributed by atoms with E-state index in [0.717, 1.165) is 19.0 Å². The van der Waals surface area contributed by atoms with Gasteiger partial charge < -0.3 is 5.32 Å². The van der Waals surface area contributed by atoms with Crippen molar-refractivity contribution in [1.82, 2.24) is 5.32 Å². The molecule has 0 aliphatic heterocycles. The molecule has 0 radical (unpaired) electrons. The van der Waals surface area contributed by atoms with E-state index in [1.807, 2.05) is 11.3 Å². The molecule has 1 N–H and O–H groups in total. The Morgan fingerprint density at radius 2 is 2.10 bits per heavy atom. The maximum Gasteiger partial charge on any atom is 0.0285 e. The summed E-state index contributed by atoms with van der Waals surface area (Å²) in [6, 6.07) is 2.30. The van der Waals surface area contributed by atoms with Gasteiger partial charge >= 0.3 is 0 Å². The highest BCUT2D eigenvalue weighted by Gasteiger charge is 2.28. The molecule has 1 aromatic rings. The van der Waals surface area contributed by atoms with E-state index < -0.39 is 0 Å². The van der Waals surface area contributed by atoms with E-state index in [0.29, 0.717) is 5.41 Å². The van der Waals surface area contributed by atoms with Crippen LogP contribution in [0.4, 0.5) is 0 Å².